The average Bonchev–Trinajstić information content (AvgIpc) is 2.84. The first kappa shape index (κ1) is 18.2. The molecule has 0 spiro atoms. The van der Waals surface area contributed by atoms with E-state index in [0.717, 1.165) is 19.3 Å². The summed E-state index contributed by atoms with van der Waals surface area (Å²) in [5, 5.41) is 2.80. The molecule has 0 aromatic heterocycles. The first-order chi connectivity index (χ1) is 10.9. The van der Waals surface area contributed by atoms with Gasteiger partial charge in [-0.15, -0.1) is 0 Å². The van der Waals surface area contributed by atoms with Crippen LogP contribution < -0.4 is 11.1 Å². The number of sulfonamides is 1. The Morgan fingerprint density at radius 1 is 1.17 bits per heavy atom. The molecule has 2 aliphatic rings. The second-order valence-corrected chi connectivity index (χ2v) is 8.17. The van der Waals surface area contributed by atoms with E-state index >= 15 is 0 Å². The maximum absolute atomic E-state index is 12.5. The van der Waals surface area contributed by atoms with E-state index < -0.39 is 10.0 Å². The summed E-state index contributed by atoms with van der Waals surface area (Å²) in [7, 11) is -3.27. The van der Waals surface area contributed by atoms with Gasteiger partial charge in [0.1, 0.15) is 0 Å². The van der Waals surface area contributed by atoms with E-state index in [2.05, 4.69) is 5.32 Å². The Morgan fingerprint density at radius 3 is 2.61 bits per heavy atom. The van der Waals surface area contributed by atoms with Crippen molar-refractivity contribution in [2.45, 2.75) is 38.1 Å². The van der Waals surface area contributed by atoms with Gasteiger partial charge in [-0.1, -0.05) is 0 Å². The SMILES string of the molecule is NCCC(=O)NCC1CCCCN1C(=O)CN1CCCS1(=O)=O. The third-order valence-electron chi connectivity index (χ3n) is 4.37. The Bertz CT molecular complexity index is 537. The van der Waals surface area contributed by atoms with Crippen molar-refractivity contribution < 1.29 is 18.0 Å². The summed E-state index contributed by atoms with van der Waals surface area (Å²) in [6, 6.07) is -0.0664. The number of hydrogen-bond donors (Lipinski definition) is 2. The van der Waals surface area contributed by atoms with Crippen molar-refractivity contribution >= 4 is 21.8 Å². The van der Waals surface area contributed by atoms with Gasteiger partial charge in [0, 0.05) is 38.6 Å². The third-order valence-corrected chi connectivity index (χ3v) is 6.27. The number of likely N-dealkylation sites (tertiary alicyclic amines) is 1. The highest BCUT2D eigenvalue weighted by molar-refractivity contribution is 7.89. The minimum Gasteiger partial charge on any atom is -0.354 e. The van der Waals surface area contributed by atoms with Crippen LogP contribution in [-0.4, -0.2) is 74.0 Å². The fraction of sp³-hybridized carbons (Fsp3) is 0.857. The maximum Gasteiger partial charge on any atom is 0.238 e. The van der Waals surface area contributed by atoms with E-state index in [-0.39, 0.29) is 36.6 Å². The first-order valence-electron chi connectivity index (χ1n) is 8.18. The van der Waals surface area contributed by atoms with Crippen molar-refractivity contribution in [1.29, 1.82) is 0 Å². The highest BCUT2D eigenvalue weighted by Crippen LogP contribution is 2.19. The van der Waals surface area contributed by atoms with Crippen LogP contribution in [-0.2, 0) is 19.6 Å². The summed E-state index contributed by atoms with van der Waals surface area (Å²) < 4.78 is 24.9. The molecule has 23 heavy (non-hydrogen) atoms. The summed E-state index contributed by atoms with van der Waals surface area (Å²) in [6.45, 7) is 1.64. The van der Waals surface area contributed by atoms with E-state index in [1.54, 1.807) is 4.90 Å². The Kier molecular flexibility index (Phi) is 6.37. The molecular weight excluding hydrogens is 320 g/mol. The summed E-state index contributed by atoms with van der Waals surface area (Å²) in [5.74, 6) is -0.167. The van der Waals surface area contributed by atoms with Crippen molar-refractivity contribution in [3.8, 4) is 0 Å². The van der Waals surface area contributed by atoms with Gasteiger partial charge in [0.25, 0.3) is 0 Å². The largest absolute Gasteiger partial charge is 0.354 e. The molecule has 0 saturated carbocycles. The van der Waals surface area contributed by atoms with Crippen LogP contribution in [0.25, 0.3) is 0 Å². The molecule has 3 N–H and O–H groups in total. The summed E-state index contributed by atoms with van der Waals surface area (Å²) in [5.41, 5.74) is 5.34. The molecule has 1 atom stereocenters. The predicted molar refractivity (Wildman–Crippen MR) is 86.0 cm³/mol. The molecule has 0 radical (unpaired) electrons. The maximum atomic E-state index is 12.5. The summed E-state index contributed by atoms with van der Waals surface area (Å²) in [4.78, 5) is 25.8. The van der Waals surface area contributed by atoms with Gasteiger partial charge in [0.2, 0.25) is 21.8 Å². The molecular formula is C14H26N4O4S. The van der Waals surface area contributed by atoms with E-state index in [1.807, 2.05) is 0 Å². The van der Waals surface area contributed by atoms with Crippen molar-refractivity contribution in [3.05, 3.63) is 0 Å². The van der Waals surface area contributed by atoms with Gasteiger partial charge in [0.15, 0.2) is 0 Å². The van der Waals surface area contributed by atoms with Gasteiger partial charge < -0.3 is 16.0 Å². The number of carbonyl (C=O) groups is 2. The van der Waals surface area contributed by atoms with Crippen LogP contribution in [0.1, 0.15) is 32.1 Å². The van der Waals surface area contributed by atoms with Gasteiger partial charge in [0.05, 0.1) is 12.3 Å². The topological polar surface area (TPSA) is 113 Å². The van der Waals surface area contributed by atoms with Crippen LogP contribution in [0, 0.1) is 0 Å². The predicted octanol–water partition coefficient (Wildman–Crippen LogP) is -1.13. The summed E-state index contributed by atoms with van der Waals surface area (Å²) >= 11 is 0. The van der Waals surface area contributed by atoms with Crippen molar-refractivity contribution in [2.24, 2.45) is 5.73 Å². The molecule has 132 valence electrons. The number of rotatable bonds is 6. The lowest BCUT2D eigenvalue weighted by molar-refractivity contribution is -0.135. The Hall–Kier alpha value is -1.19. The van der Waals surface area contributed by atoms with Crippen LogP contribution in [0.15, 0.2) is 0 Å². The number of nitrogens with one attached hydrogen (secondary N) is 1. The quantitative estimate of drug-likeness (QED) is 0.632. The van der Waals surface area contributed by atoms with Crippen molar-refractivity contribution in [3.63, 3.8) is 0 Å². The number of nitrogens with zero attached hydrogens (tertiary/aromatic N) is 2. The number of hydrogen-bond acceptors (Lipinski definition) is 5. The minimum absolute atomic E-state index is 0.0664. The van der Waals surface area contributed by atoms with Gasteiger partial charge in [-0.3, -0.25) is 9.59 Å². The van der Waals surface area contributed by atoms with Crippen LogP contribution >= 0.6 is 0 Å². The molecule has 2 heterocycles. The monoisotopic (exact) mass is 346 g/mol. The molecule has 0 aromatic rings. The lowest BCUT2D eigenvalue weighted by Crippen LogP contribution is -2.52. The van der Waals surface area contributed by atoms with Crippen LogP contribution in [0.2, 0.25) is 0 Å². The van der Waals surface area contributed by atoms with E-state index in [9.17, 15) is 18.0 Å². The highest BCUT2D eigenvalue weighted by Gasteiger charge is 2.33. The van der Waals surface area contributed by atoms with Crippen LogP contribution in [0.4, 0.5) is 0 Å². The smallest absolute Gasteiger partial charge is 0.238 e. The molecule has 2 fully saturated rings. The van der Waals surface area contributed by atoms with Gasteiger partial charge in [-0.05, 0) is 25.7 Å². The first-order valence-corrected chi connectivity index (χ1v) is 9.79. The fourth-order valence-corrected chi connectivity index (χ4v) is 4.57. The Balaban J connectivity index is 1.92. The Labute approximate surface area is 137 Å². The van der Waals surface area contributed by atoms with Gasteiger partial charge in [-0.25, -0.2) is 8.42 Å². The highest BCUT2D eigenvalue weighted by atomic mass is 32.2. The molecule has 2 aliphatic heterocycles. The normalized spacial score (nSPS) is 24.6. The van der Waals surface area contributed by atoms with Gasteiger partial charge in [-0.2, -0.15) is 4.31 Å². The van der Waals surface area contributed by atoms with E-state index in [0.29, 0.717) is 32.6 Å². The standard InChI is InChI=1S/C14H26N4O4S/c15-6-5-13(19)16-10-12-4-1-2-8-18(12)14(20)11-17-7-3-9-23(17,21)22/h12H,1-11,15H2,(H,16,19). The molecule has 0 aliphatic carbocycles. The molecule has 1 unspecified atom stereocenters. The number of nitrogens with two attached hydrogens (primary N) is 1. The van der Waals surface area contributed by atoms with Crippen molar-refractivity contribution in [2.75, 3.05) is 38.5 Å². The second-order valence-electron chi connectivity index (χ2n) is 6.08. The number of carbonyl (C=O) groups excluding carboxylic acids is 2. The molecule has 9 heteroatoms. The zero-order chi connectivity index (χ0) is 16.9. The molecule has 0 aromatic carbocycles. The Morgan fingerprint density at radius 2 is 1.96 bits per heavy atom. The zero-order valence-corrected chi connectivity index (χ0v) is 14.2. The molecule has 0 bridgehead atoms. The zero-order valence-electron chi connectivity index (χ0n) is 13.4. The van der Waals surface area contributed by atoms with Crippen molar-refractivity contribution in [1.82, 2.24) is 14.5 Å². The minimum atomic E-state index is -3.27. The van der Waals surface area contributed by atoms with Crippen LogP contribution in [0.5, 0.6) is 0 Å². The van der Waals surface area contributed by atoms with E-state index in [1.165, 1.54) is 4.31 Å². The van der Waals surface area contributed by atoms with Crippen LogP contribution in [0.3, 0.4) is 0 Å². The second kappa shape index (κ2) is 8.07. The average molecular weight is 346 g/mol. The molecule has 2 saturated heterocycles. The third kappa shape index (κ3) is 4.89. The lowest BCUT2D eigenvalue weighted by Gasteiger charge is -2.36. The lowest BCUT2D eigenvalue weighted by atomic mass is 10.0. The van der Waals surface area contributed by atoms with Gasteiger partial charge >= 0.3 is 0 Å². The molecule has 2 amide bonds. The molecule has 2 rings (SSSR count). The number of amides is 2. The number of piperidine rings is 1. The fourth-order valence-electron chi connectivity index (χ4n) is 3.10. The van der Waals surface area contributed by atoms with E-state index in [4.69, 9.17) is 5.73 Å². The summed E-state index contributed by atoms with van der Waals surface area (Å²) in [6.07, 6.45) is 3.58. The molecule has 8 nitrogen and oxygen atoms in total.